The molecule has 1 aromatic heterocycles. The van der Waals surface area contributed by atoms with Crippen LogP contribution in [-0.2, 0) is 4.79 Å². The second kappa shape index (κ2) is 7.35. The number of tetrazole rings is 1. The van der Waals surface area contributed by atoms with E-state index in [1.54, 1.807) is 42.5 Å². The highest BCUT2D eigenvalue weighted by Gasteiger charge is 2.06. The molecule has 8 heteroatoms. The lowest BCUT2D eigenvalue weighted by atomic mass is 10.1. The monoisotopic (exact) mass is 337 g/mol. The van der Waals surface area contributed by atoms with Crippen molar-refractivity contribution in [2.24, 2.45) is 0 Å². The molecule has 0 spiro atoms. The number of ether oxygens (including phenoxy) is 1. The maximum Gasteiger partial charge on any atom is 0.262 e. The highest BCUT2D eigenvalue weighted by Crippen LogP contribution is 2.15. The first-order valence-electron chi connectivity index (χ1n) is 7.49. The lowest BCUT2D eigenvalue weighted by molar-refractivity contribution is -0.118. The first-order chi connectivity index (χ1) is 12.1. The number of nitrogens with zero attached hydrogens (tertiary/aromatic N) is 4. The summed E-state index contributed by atoms with van der Waals surface area (Å²) in [6, 6.07) is 13.7. The fourth-order valence-electron chi connectivity index (χ4n) is 2.14. The van der Waals surface area contributed by atoms with Crippen molar-refractivity contribution in [2.45, 2.75) is 6.92 Å². The average molecular weight is 337 g/mol. The molecule has 0 radical (unpaired) electrons. The zero-order valence-corrected chi connectivity index (χ0v) is 13.4. The van der Waals surface area contributed by atoms with Crippen molar-refractivity contribution in [3.63, 3.8) is 0 Å². The van der Waals surface area contributed by atoms with E-state index in [1.807, 2.05) is 6.07 Å². The Hall–Kier alpha value is -3.55. The van der Waals surface area contributed by atoms with Crippen LogP contribution in [-0.4, -0.2) is 38.5 Å². The summed E-state index contributed by atoms with van der Waals surface area (Å²) in [4.78, 5) is 23.2. The third-order valence-electron chi connectivity index (χ3n) is 3.37. The molecule has 0 saturated heterocycles. The smallest absolute Gasteiger partial charge is 0.262 e. The van der Waals surface area contributed by atoms with Gasteiger partial charge in [-0.05, 0) is 59.8 Å². The predicted molar refractivity (Wildman–Crippen MR) is 89.7 cm³/mol. The van der Waals surface area contributed by atoms with Gasteiger partial charge in [0.1, 0.15) is 12.1 Å². The molecule has 1 heterocycles. The second-order valence-corrected chi connectivity index (χ2v) is 5.22. The Kier molecular flexibility index (Phi) is 4.79. The summed E-state index contributed by atoms with van der Waals surface area (Å²) >= 11 is 0. The number of amides is 1. The Morgan fingerprint density at radius 3 is 2.64 bits per heavy atom. The molecular weight excluding hydrogens is 322 g/mol. The van der Waals surface area contributed by atoms with E-state index in [0.29, 0.717) is 17.0 Å². The van der Waals surface area contributed by atoms with E-state index in [4.69, 9.17) is 4.74 Å². The maximum absolute atomic E-state index is 12.0. The lowest BCUT2D eigenvalue weighted by Crippen LogP contribution is -2.20. The van der Waals surface area contributed by atoms with Crippen molar-refractivity contribution >= 4 is 17.4 Å². The van der Waals surface area contributed by atoms with Gasteiger partial charge in [-0.3, -0.25) is 9.59 Å². The largest absolute Gasteiger partial charge is 0.484 e. The minimum absolute atomic E-state index is 0.0215. The number of aromatic nitrogens is 4. The Balaban J connectivity index is 1.57. The minimum Gasteiger partial charge on any atom is -0.484 e. The van der Waals surface area contributed by atoms with Crippen molar-refractivity contribution in [1.29, 1.82) is 0 Å². The van der Waals surface area contributed by atoms with Crippen molar-refractivity contribution in [3.05, 3.63) is 60.4 Å². The van der Waals surface area contributed by atoms with Gasteiger partial charge in [-0.1, -0.05) is 6.07 Å². The van der Waals surface area contributed by atoms with E-state index in [0.717, 1.165) is 5.69 Å². The molecule has 3 rings (SSSR count). The summed E-state index contributed by atoms with van der Waals surface area (Å²) in [6.07, 6.45) is 1.47. The molecule has 0 unspecified atom stereocenters. The zero-order chi connectivity index (χ0) is 17.6. The lowest BCUT2D eigenvalue weighted by Gasteiger charge is -2.09. The van der Waals surface area contributed by atoms with Crippen molar-refractivity contribution in [1.82, 2.24) is 20.2 Å². The average Bonchev–Trinajstić information content (AvgIpc) is 3.15. The van der Waals surface area contributed by atoms with Crippen LogP contribution in [0.25, 0.3) is 5.69 Å². The molecule has 0 fully saturated rings. The van der Waals surface area contributed by atoms with Crippen molar-refractivity contribution in [2.75, 3.05) is 11.9 Å². The molecule has 0 bridgehead atoms. The Bertz CT molecular complexity index is 876. The summed E-state index contributed by atoms with van der Waals surface area (Å²) < 4.78 is 6.91. The molecule has 0 saturated carbocycles. The van der Waals surface area contributed by atoms with Crippen LogP contribution in [0.1, 0.15) is 17.3 Å². The molecule has 2 aromatic carbocycles. The van der Waals surface area contributed by atoms with Gasteiger partial charge in [0.05, 0.1) is 5.69 Å². The fraction of sp³-hybridized carbons (Fsp3) is 0.118. The molecule has 3 aromatic rings. The summed E-state index contributed by atoms with van der Waals surface area (Å²) in [6.45, 7) is 1.35. The van der Waals surface area contributed by atoms with Gasteiger partial charge >= 0.3 is 0 Å². The number of rotatable bonds is 6. The van der Waals surface area contributed by atoms with Gasteiger partial charge in [-0.25, -0.2) is 4.68 Å². The number of nitrogens with one attached hydrogen (secondary N) is 1. The Labute approximate surface area is 143 Å². The normalized spacial score (nSPS) is 10.3. The molecular formula is C17H15N5O3. The van der Waals surface area contributed by atoms with Gasteiger partial charge in [0, 0.05) is 11.3 Å². The number of carbonyl (C=O) groups excluding carboxylic acids is 2. The molecule has 0 aliphatic carbocycles. The van der Waals surface area contributed by atoms with Gasteiger partial charge < -0.3 is 10.1 Å². The quantitative estimate of drug-likeness (QED) is 0.690. The van der Waals surface area contributed by atoms with Crippen LogP contribution in [0.15, 0.2) is 54.9 Å². The molecule has 0 atom stereocenters. The topological polar surface area (TPSA) is 99.0 Å². The van der Waals surface area contributed by atoms with E-state index in [-0.39, 0.29) is 18.3 Å². The molecule has 25 heavy (non-hydrogen) atoms. The van der Waals surface area contributed by atoms with Crippen LogP contribution in [0, 0.1) is 0 Å². The van der Waals surface area contributed by atoms with Crippen molar-refractivity contribution in [3.8, 4) is 11.4 Å². The number of Topliss-reactive ketones (excluding diaryl/α,β-unsaturated/α-hetero) is 1. The molecule has 1 N–H and O–H groups in total. The van der Waals surface area contributed by atoms with Gasteiger partial charge in [-0.15, -0.1) is 5.10 Å². The Morgan fingerprint density at radius 2 is 1.96 bits per heavy atom. The third kappa shape index (κ3) is 4.25. The summed E-state index contributed by atoms with van der Waals surface area (Å²) in [5.41, 5.74) is 1.92. The standard InChI is InChI=1S/C17H15N5O3/c1-12(23)13-5-7-16(8-6-13)25-10-17(24)19-14-3-2-4-15(9-14)22-11-18-20-21-22/h2-9,11H,10H2,1H3,(H,19,24). The van der Waals surface area contributed by atoms with Crippen molar-refractivity contribution < 1.29 is 14.3 Å². The number of ketones is 1. The van der Waals surface area contributed by atoms with Crippen LogP contribution in [0.4, 0.5) is 5.69 Å². The van der Waals surface area contributed by atoms with E-state index in [9.17, 15) is 9.59 Å². The first kappa shape index (κ1) is 16.3. The molecule has 126 valence electrons. The number of benzene rings is 2. The molecule has 1 amide bonds. The van der Waals surface area contributed by atoms with E-state index >= 15 is 0 Å². The van der Waals surface area contributed by atoms with Crippen LogP contribution in [0.2, 0.25) is 0 Å². The number of hydrogen-bond acceptors (Lipinski definition) is 6. The second-order valence-electron chi connectivity index (χ2n) is 5.22. The van der Waals surface area contributed by atoms with Gasteiger partial charge in [-0.2, -0.15) is 0 Å². The van der Waals surface area contributed by atoms with Crippen LogP contribution < -0.4 is 10.1 Å². The fourth-order valence-corrected chi connectivity index (χ4v) is 2.14. The van der Waals surface area contributed by atoms with Crippen LogP contribution >= 0.6 is 0 Å². The molecule has 8 nitrogen and oxygen atoms in total. The Morgan fingerprint density at radius 1 is 1.16 bits per heavy atom. The first-order valence-corrected chi connectivity index (χ1v) is 7.49. The van der Waals surface area contributed by atoms with Gasteiger partial charge in [0.15, 0.2) is 12.4 Å². The van der Waals surface area contributed by atoms with E-state index in [1.165, 1.54) is 17.9 Å². The van der Waals surface area contributed by atoms with E-state index < -0.39 is 0 Å². The van der Waals surface area contributed by atoms with Gasteiger partial charge in [0.25, 0.3) is 5.91 Å². The number of hydrogen-bond donors (Lipinski definition) is 1. The SMILES string of the molecule is CC(=O)c1ccc(OCC(=O)Nc2cccc(-n3cnnn3)c2)cc1. The highest BCUT2D eigenvalue weighted by atomic mass is 16.5. The van der Waals surface area contributed by atoms with Gasteiger partial charge in [0.2, 0.25) is 0 Å². The number of anilines is 1. The predicted octanol–water partition coefficient (Wildman–Crippen LogP) is 1.88. The summed E-state index contributed by atoms with van der Waals surface area (Å²) in [5, 5.41) is 13.7. The third-order valence-corrected chi connectivity index (χ3v) is 3.37. The van der Waals surface area contributed by atoms with Crippen LogP contribution in [0.5, 0.6) is 5.75 Å². The highest BCUT2D eigenvalue weighted by molar-refractivity contribution is 5.94. The van der Waals surface area contributed by atoms with E-state index in [2.05, 4.69) is 20.8 Å². The summed E-state index contributed by atoms with van der Waals surface area (Å²) in [7, 11) is 0. The summed E-state index contributed by atoms with van der Waals surface area (Å²) in [5.74, 6) is 0.193. The zero-order valence-electron chi connectivity index (χ0n) is 13.4. The van der Waals surface area contributed by atoms with Crippen LogP contribution in [0.3, 0.4) is 0 Å². The minimum atomic E-state index is -0.301. The maximum atomic E-state index is 12.0. The molecule has 0 aliphatic rings. The molecule has 0 aliphatic heterocycles. The number of carbonyl (C=O) groups is 2.